The molecule has 0 fully saturated rings. The van der Waals surface area contributed by atoms with Crippen LogP contribution in [0.1, 0.15) is 50.0 Å². The van der Waals surface area contributed by atoms with E-state index in [0.717, 1.165) is 19.4 Å². The van der Waals surface area contributed by atoms with Crippen molar-refractivity contribution in [2.24, 2.45) is 0 Å². The summed E-state index contributed by atoms with van der Waals surface area (Å²) in [6, 6.07) is 0.327. The number of aromatic nitrogens is 1. The van der Waals surface area contributed by atoms with Gasteiger partial charge in [0.1, 0.15) is 5.01 Å². The highest BCUT2D eigenvalue weighted by molar-refractivity contribution is 7.11. The summed E-state index contributed by atoms with van der Waals surface area (Å²) >= 11 is 1.80. The van der Waals surface area contributed by atoms with Crippen LogP contribution in [0.15, 0.2) is 6.20 Å². The first-order valence-electron chi connectivity index (χ1n) is 6.21. The van der Waals surface area contributed by atoms with Crippen molar-refractivity contribution in [3.8, 4) is 0 Å². The van der Waals surface area contributed by atoms with Crippen LogP contribution in [0.25, 0.3) is 0 Å². The summed E-state index contributed by atoms with van der Waals surface area (Å²) in [6.45, 7) is 9.49. The highest BCUT2D eigenvalue weighted by atomic mass is 32.1. The van der Waals surface area contributed by atoms with E-state index in [0.29, 0.717) is 6.04 Å². The molecule has 0 bridgehead atoms. The predicted octanol–water partition coefficient (Wildman–Crippen LogP) is 3.17. The van der Waals surface area contributed by atoms with Gasteiger partial charge < -0.3 is 10.1 Å². The van der Waals surface area contributed by atoms with Gasteiger partial charge >= 0.3 is 0 Å². The topological polar surface area (TPSA) is 34.2 Å². The Balaban J connectivity index is 2.37. The fourth-order valence-corrected chi connectivity index (χ4v) is 2.35. The number of nitrogens with one attached hydrogen (secondary N) is 1. The Bertz CT molecular complexity index is 336. The molecule has 1 unspecified atom stereocenters. The van der Waals surface area contributed by atoms with Gasteiger partial charge in [0.2, 0.25) is 0 Å². The van der Waals surface area contributed by atoms with Crippen molar-refractivity contribution in [3.63, 3.8) is 0 Å². The minimum Gasteiger partial charge on any atom is -0.379 e. The van der Waals surface area contributed by atoms with E-state index < -0.39 is 0 Å². The van der Waals surface area contributed by atoms with Crippen molar-refractivity contribution < 1.29 is 4.74 Å². The van der Waals surface area contributed by atoms with Gasteiger partial charge in [0.15, 0.2) is 0 Å². The quantitative estimate of drug-likeness (QED) is 0.813. The Morgan fingerprint density at radius 2 is 2.24 bits per heavy atom. The number of thiazole rings is 1. The van der Waals surface area contributed by atoms with Gasteiger partial charge in [-0.25, -0.2) is 4.98 Å². The second kappa shape index (κ2) is 6.47. The third-order valence-corrected chi connectivity index (χ3v) is 4.34. The molecule has 0 amide bonds. The van der Waals surface area contributed by atoms with Crippen LogP contribution in [0.3, 0.4) is 0 Å². The van der Waals surface area contributed by atoms with E-state index in [9.17, 15) is 0 Å². The van der Waals surface area contributed by atoms with E-state index in [2.05, 4.69) is 38.0 Å². The summed E-state index contributed by atoms with van der Waals surface area (Å²) in [5.41, 5.74) is -0.0514. The Hall–Kier alpha value is -0.450. The normalized spacial score (nSPS) is 13.9. The van der Waals surface area contributed by atoms with Crippen molar-refractivity contribution in [1.29, 1.82) is 0 Å². The molecule has 0 radical (unpaired) electrons. The number of hydrogen-bond donors (Lipinski definition) is 1. The second-order valence-electron chi connectivity index (χ2n) is 4.91. The van der Waals surface area contributed by atoms with Crippen LogP contribution < -0.4 is 5.32 Å². The van der Waals surface area contributed by atoms with E-state index >= 15 is 0 Å². The molecule has 3 nitrogen and oxygen atoms in total. The summed E-state index contributed by atoms with van der Waals surface area (Å²) < 4.78 is 5.39. The third kappa shape index (κ3) is 4.74. The molecule has 0 aliphatic carbocycles. The number of nitrogens with zero attached hydrogens (tertiary/aromatic N) is 1. The number of aryl methyl sites for hydroxylation is 1. The Morgan fingerprint density at radius 1 is 1.53 bits per heavy atom. The number of rotatable bonds is 7. The van der Waals surface area contributed by atoms with E-state index in [-0.39, 0.29) is 5.60 Å². The lowest BCUT2D eigenvalue weighted by molar-refractivity contribution is 0.0154. The molecule has 0 aliphatic rings. The zero-order valence-electron chi connectivity index (χ0n) is 11.5. The minimum absolute atomic E-state index is 0.0514. The van der Waals surface area contributed by atoms with Gasteiger partial charge in [-0.1, -0.05) is 6.92 Å². The molecule has 1 aromatic heterocycles. The van der Waals surface area contributed by atoms with Crippen molar-refractivity contribution in [2.75, 3.05) is 13.7 Å². The largest absolute Gasteiger partial charge is 0.379 e. The van der Waals surface area contributed by atoms with Crippen molar-refractivity contribution in [2.45, 2.75) is 52.2 Å². The number of methoxy groups -OCH3 is 1. The first-order chi connectivity index (χ1) is 7.98. The molecule has 1 aromatic rings. The third-order valence-electron chi connectivity index (χ3n) is 3.02. The van der Waals surface area contributed by atoms with Crippen LogP contribution in [-0.4, -0.2) is 24.2 Å². The smallest absolute Gasteiger partial charge is 0.109 e. The first kappa shape index (κ1) is 14.6. The van der Waals surface area contributed by atoms with Gasteiger partial charge in [0.25, 0.3) is 0 Å². The Labute approximate surface area is 109 Å². The fourth-order valence-electron chi connectivity index (χ4n) is 1.47. The average molecular weight is 256 g/mol. The molecule has 1 rings (SSSR count). The van der Waals surface area contributed by atoms with Crippen molar-refractivity contribution >= 4 is 11.3 Å². The van der Waals surface area contributed by atoms with Gasteiger partial charge in [0.05, 0.1) is 11.6 Å². The monoisotopic (exact) mass is 256 g/mol. The molecule has 0 spiro atoms. The van der Waals surface area contributed by atoms with Crippen molar-refractivity contribution in [3.05, 3.63) is 16.1 Å². The molecule has 1 atom stereocenters. The molecule has 1 heterocycles. The molecular formula is C13H24N2OS. The minimum atomic E-state index is -0.0514. The lowest BCUT2D eigenvalue weighted by Crippen LogP contribution is -2.30. The first-order valence-corrected chi connectivity index (χ1v) is 7.03. The Kier molecular flexibility index (Phi) is 5.56. The zero-order chi connectivity index (χ0) is 12.9. The maximum Gasteiger partial charge on any atom is 0.109 e. The molecule has 0 saturated carbocycles. The molecular weight excluding hydrogens is 232 g/mol. The van der Waals surface area contributed by atoms with E-state index in [1.165, 1.54) is 9.88 Å². The highest BCUT2D eigenvalue weighted by Gasteiger charge is 2.16. The number of hydrogen-bond acceptors (Lipinski definition) is 4. The molecule has 98 valence electrons. The van der Waals surface area contributed by atoms with Crippen LogP contribution >= 0.6 is 11.3 Å². The fraction of sp³-hybridized carbons (Fsp3) is 0.769. The number of ether oxygens (including phenoxy) is 1. The van der Waals surface area contributed by atoms with Crippen LogP contribution in [-0.2, 0) is 11.2 Å². The van der Waals surface area contributed by atoms with Crippen LogP contribution in [0.5, 0.6) is 0 Å². The second-order valence-corrected chi connectivity index (χ2v) is 6.05. The molecule has 17 heavy (non-hydrogen) atoms. The average Bonchev–Trinajstić information content (AvgIpc) is 2.77. The van der Waals surface area contributed by atoms with Gasteiger partial charge in [-0.2, -0.15) is 0 Å². The van der Waals surface area contributed by atoms with Crippen LogP contribution in [0.4, 0.5) is 0 Å². The SMILES string of the molecule is CCc1cnc(C(C)NCCC(C)(C)OC)s1. The lowest BCUT2D eigenvalue weighted by atomic mass is 10.1. The maximum absolute atomic E-state index is 5.39. The molecule has 1 N–H and O–H groups in total. The maximum atomic E-state index is 5.39. The zero-order valence-corrected chi connectivity index (χ0v) is 12.4. The Morgan fingerprint density at radius 3 is 2.76 bits per heavy atom. The van der Waals surface area contributed by atoms with Crippen molar-refractivity contribution in [1.82, 2.24) is 10.3 Å². The predicted molar refractivity (Wildman–Crippen MR) is 73.6 cm³/mol. The molecule has 4 heteroatoms. The molecule has 0 aliphatic heterocycles. The van der Waals surface area contributed by atoms with Crippen LogP contribution in [0.2, 0.25) is 0 Å². The summed E-state index contributed by atoms with van der Waals surface area (Å²) in [6.07, 6.45) is 4.05. The van der Waals surface area contributed by atoms with Gasteiger partial charge in [-0.3, -0.25) is 0 Å². The molecule has 0 saturated heterocycles. The summed E-state index contributed by atoms with van der Waals surface area (Å²) in [5.74, 6) is 0. The lowest BCUT2D eigenvalue weighted by Gasteiger charge is -2.23. The summed E-state index contributed by atoms with van der Waals surface area (Å²) in [4.78, 5) is 5.80. The molecule has 0 aromatic carbocycles. The van der Waals surface area contributed by atoms with E-state index in [1.54, 1.807) is 18.4 Å². The summed E-state index contributed by atoms with van der Waals surface area (Å²) in [5, 5.41) is 4.67. The van der Waals surface area contributed by atoms with E-state index in [1.807, 2.05) is 6.20 Å². The van der Waals surface area contributed by atoms with Crippen LogP contribution in [0, 0.1) is 0 Å². The van der Waals surface area contributed by atoms with E-state index in [4.69, 9.17) is 4.74 Å². The van der Waals surface area contributed by atoms with Gasteiger partial charge in [-0.05, 0) is 40.2 Å². The van der Waals surface area contributed by atoms with Gasteiger partial charge in [-0.15, -0.1) is 11.3 Å². The van der Waals surface area contributed by atoms with Gasteiger partial charge in [0, 0.05) is 18.2 Å². The highest BCUT2D eigenvalue weighted by Crippen LogP contribution is 2.20. The standard InChI is InChI=1S/C13H24N2OS/c1-6-11-9-15-12(17-11)10(2)14-8-7-13(3,4)16-5/h9-10,14H,6-8H2,1-5H3. The summed E-state index contributed by atoms with van der Waals surface area (Å²) in [7, 11) is 1.76.